The number of rotatable bonds is 6. The Morgan fingerprint density at radius 2 is 2.05 bits per heavy atom. The fourth-order valence-corrected chi connectivity index (χ4v) is 1.85. The summed E-state index contributed by atoms with van der Waals surface area (Å²) in [6.45, 7) is 2.03. The predicted molar refractivity (Wildman–Crippen MR) is 73.8 cm³/mol. The first-order valence-electron chi connectivity index (χ1n) is 6.21. The molecule has 0 bridgehead atoms. The van der Waals surface area contributed by atoms with Crippen LogP contribution >= 0.6 is 0 Å². The molecule has 20 heavy (non-hydrogen) atoms. The minimum Gasteiger partial charge on any atom is -0.272 e. The predicted octanol–water partition coefficient (Wildman–Crippen LogP) is 2.95. The second kappa shape index (κ2) is 5.64. The molecule has 1 fully saturated rings. The fraction of sp³-hybridized carbons (Fsp3) is 0.417. The van der Waals surface area contributed by atoms with Crippen LogP contribution in [0.5, 0.6) is 0 Å². The van der Waals surface area contributed by atoms with Crippen LogP contribution in [0.1, 0.15) is 19.8 Å². The van der Waals surface area contributed by atoms with Crippen LogP contribution in [0.2, 0.25) is 0 Å². The molecule has 1 aliphatic rings. The van der Waals surface area contributed by atoms with Crippen molar-refractivity contribution in [2.45, 2.75) is 19.8 Å². The van der Waals surface area contributed by atoms with Crippen LogP contribution < -0.4 is 5.43 Å². The van der Waals surface area contributed by atoms with E-state index in [4.69, 9.17) is 0 Å². The third kappa shape index (κ3) is 3.28. The number of benzene rings is 1. The third-order valence-corrected chi connectivity index (χ3v) is 3.25. The van der Waals surface area contributed by atoms with Gasteiger partial charge < -0.3 is 0 Å². The second-order valence-corrected chi connectivity index (χ2v) is 4.80. The minimum absolute atomic E-state index is 0.139. The van der Waals surface area contributed by atoms with Crippen molar-refractivity contribution in [1.29, 1.82) is 0 Å². The molecule has 0 spiro atoms. The van der Waals surface area contributed by atoms with E-state index < -0.39 is 9.85 Å². The monoisotopic (exact) mass is 278 g/mol. The van der Waals surface area contributed by atoms with E-state index >= 15 is 0 Å². The first kappa shape index (κ1) is 13.9. The van der Waals surface area contributed by atoms with E-state index in [9.17, 15) is 20.2 Å². The molecule has 1 aromatic carbocycles. The molecular formula is C12H14N4O4. The van der Waals surface area contributed by atoms with E-state index in [1.807, 2.05) is 6.92 Å². The van der Waals surface area contributed by atoms with Gasteiger partial charge in [0.05, 0.1) is 15.9 Å². The zero-order valence-corrected chi connectivity index (χ0v) is 10.9. The Balaban J connectivity index is 2.13. The Labute approximate surface area is 114 Å². The van der Waals surface area contributed by atoms with Crippen molar-refractivity contribution in [3.8, 4) is 0 Å². The number of non-ortho nitro benzene ring substituents is 1. The van der Waals surface area contributed by atoms with Gasteiger partial charge in [0, 0.05) is 12.3 Å². The number of nitrogens with one attached hydrogen (secondary N) is 1. The summed E-state index contributed by atoms with van der Waals surface area (Å²) >= 11 is 0. The van der Waals surface area contributed by atoms with Crippen molar-refractivity contribution in [1.82, 2.24) is 0 Å². The lowest BCUT2D eigenvalue weighted by Crippen LogP contribution is -2.02. The molecule has 1 N–H and O–H groups in total. The van der Waals surface area contributed by atoms with Gasteiger partial charge >= 0.3 is 5.69 Å². The first-order chi connectivity index (χ1) is 9.49. The maximum absolute atomic E-state index is 10.9. The van der Waals surface area contributed by atoms with Crippen LogP contribution in [0, 0.1) is 32.1 Å². The van der Waals surface area contributed by atoms with Crippen LogP contribution in [0.25, 0.3) is 0 Å². The summed E-state index contributed by atoms with van der Waals surface area (Å²) in [5.74, 6) is 0.965. The Kier molecular flexibility index (Phi) is 3.92. The second-order valence-electron chi connectivity index (χ2n) is 4.80. The molecule has 1 aromatic rings. The molecule has 0 heterocycles. The highest BCUT2D eigenvalue weighted by molar-refractivity contribution is 5.68. The Morgan fingerprint density at radius 3 is 2.60 bits per heavy atom. The van der Waals surface area contributed by atoms with E-state index in [-0.39, 0.29) is 17.1 Å². The van der Waals surface area contributed by atoms with Crippen LogP contribution in [-0.2, 0) is 0 Å². The van der Waals surface area contributed by atoms with Gasteiger partial charge in [-0.25, -0.2) is 0 Å². The smallest absolute Gasteiger partial charge is 0.272 e. The van der Waals surface area contributed by atoms with Gasteiger partial charge in [0.2, 0.25) is 0 Å². The molecule has 0 aliphatic heterocycles. The number of nitrogens with zero attached hydrogens (tertiary/aromatic N) is 3. The molecule has 8 heteroatoms. The van der Waals surface area contributed by atoms with E-state index in [2.05, 4.69) is 10.5 Å². The highest BCUT2D eigenvalue weighted by Crippen LogP contribution is 2.35. The highest BCUT2D eigenvalue weighted by atomic mass is 16.6. The molecule has 0 saturated heterocycles. The van der Waals surface area contributed by atoms with Crippen molar-refractivity contribution >= 4 is 23.3 Å². The summed E-state index contributed by atoms with van der Waals surface area (Å²) in [4.78, 5) is 20.2. The average Bonchev–Trinajstić information content (AvgIpc) is 3.22. The first-order valence-corrected chi connectivity index (χ1v) is 6.21. The lowest BCUT2D eigenvalue weighted by Gasteiger charge is -2.04. The van der Waals surface area contributed by atoms with E-state index in [1.165, 1.54) is 25.0 Å². The van der Waals surface area contributed by atoms with Crippen molar-refractivity contribution in [2.75, 3.05) is 5.43 Å². The number of nitro groups is 2. The maximum atomic E-state index is 10.9. The Hall–Kier alpha value is -2.51. The SMILES string of the molecule is CC(/C=N/Nc1ccc([N+](=O)[O-])cc1[N+](=O)[O-])C1CC1. The molecule has 8 nitrogen and oxygen atoms in total. The number of nitro benzene ring substituents is 2. The molecule has 1 saturated carbocycles. The summed E-state index contributed by atoms with van der Waals surface area (Å²) in [6.07, 6.45) is 4.08. The zero-order valence-electron chi connectivity index (χ0n) is 10.9. The van der Waals surface area contributed by atoms with Crippen molar-refractivity contribution < 1.29 is 9.85 Å². The number of anilines is 1. The van der Waals surface area contributed by atoms with Gasteiger partial charge in [-0.1, -0.05) is 6.92 Å². The summed E-state index contributed by atoms with van der Waals surface area (Å²) in [7, 11) is 0. The molecule has 1 atom stereocenters. The fourth-order valence-electron chi connectivity index (χ4n) is 1.85. The van der Waals surface area contributed by atoms with Gasteiger partial charge in [-0.05, 0) is 30.7 Å². The van der Waals surface area contributed by atoms with E-state index in [1.54, 1.807) is 6.21 Å². The van der Waals surface area contributed by atoms with Crippen molar-refractivity contribution in [2.24, 2.45) is 16.9 Å². The normalized spacial score (nSPS) is 16.1. The van der Waals surface area contributed by atoms with Crippen molar-refractivity contribution in [3.63, 3.8) is 0 Å². The summed E-state index contributed by atoms with van der Waals surface area (Å²) in [5.41, 5.74) is 2.03. The third-order valence-electron chi connectivity index (χ3n) is 3.25. The summed E-state index contributed by atoms with van der Waals surface area (Å²) in [6, 6.07) is 3.41. The van der Waals surface area contributed by atoms with E-state index in [0.29, 0.717) is 11.8 Å². The molecule has 106 valence electrons. The van der Waals surface area contributed by atoms with Gasteiger partial charge in [-0.3, -0.25) is 25.7 Å². The molecule has 0 amide bonds. The number of hydrogen-bond acceptors (Lipinski definition) is 6. The van der Waals surface area contributed by atoms with Gasteiger partial charge in [-0.2, -0.15) is 5.10 Å². The van der Waals surface area contributed by atoms with Crippen molar-refractivity contribution in [3.05, 3.63) is 38.4 Å². The van der Waals surface area contributed by atoms with Crippen LogP contribution in [0.4, 0.5) is 17.1 Å². The molecule has 0 aromatic heterocycles. The van der Waals surface area contributed by atoms with Crippen LogP contribution in [0.3, 0.4) is 0 Å². The molecule has 1 unspecified atom stereocenters. The van der Waals surface area contributed by atoms with Gasteiger partial charge in [0.15, 0.2) is 0 Å². The summed E-state index contributed by atoms with van der Waals surface area (Å²) in [5, 5.41) is 25.5. The quantitative estimate of drug-likeness (QED) is 0.488. The minimum atomic E-state index is -0.671. The van der Waals surface area contributed by atoms with Gasteiger partial charge in [0.25, 0.3) is 5.69 Å². The highest BCUT2D eigenvalue weighted by Gasteiger charge is 2.26. The summed E-state index contributed by atoms with van der Waals surface area (Å²) < 4.78 is 0. The van der Waals surface area contributed by atoms with Gasteiger partial charge in [-0.15, -0.1) is 0 Å². The Bertz CT molecular complexity index is 569. The molecule has 0 radical (unpaired) electrons. The average molecular weight is 278 g/mol. The molecule has 1 aliphatic carbocycles. The van der Waals surface area contributed by atoms with E-state index in [0.717, 1.165) is 6.07 Å². The standard InChI is InChI=1S/C12H14N4O4/c1-8(9-2-3-9)7-13-14-11-5-4-10(15(17)18)6-12(11)16(19)20/h4-9,14H,2-3H2,1H3/b13-7+. The lowest BCUT2D eigenvalue weighted by molar-refractivity contribution is -0.393. The maximum Gasteiger partial charge on any atom is 0.301 e. The Morgan fingerprint density at radius 1 is 1.35 bits per heavy atom. The number of hydrogen-bond donors (Lipinski definition) is 1. The van der Waals surface area contributed by atoms with Gasteiger partial charge in [0.1, 0.15) is 5.69 Å². The largest absolute Gasteiger partial charge is 0.301 e. The van der Waals surface area contributed by atoms with Crippen LogP contribution in [0.15, 0.2) is 23.3 Å². The topological polar surface area (TPSA) is 111 Å². The molecule has 2 rings (SSSR count). The zero-order chi connectivity index (χ0) is 14.7. The number of hydrazone groups is 1. The molecular weight excluding hydrogens is 264 g/mol. The lowest BCUT2D eigenvalue weighted by atomic mass is 10.1. The van der Waals surface area contributed by atoms with Crippen LogP contribution in [-0.4, -0.2) is 16.1 Å².